The molecule has 0 unspecified atom stereocenters. The SMILES string of the molecule is Cc1cc(F)ccc1NCc1cccc(C2CC2)c1. The van der Waals surface area contributed by atoms with Crippen molar-refractivity contribution in [2.75, 3.05) is 5.32 Å². The molecule has 98 valence electrons. The third-order valence-corrected chi connectivity index (χ3v) is 3.67. The fourth-order valence-corrected chi connectivity index (χ4v) is 2.40. The van der Waals surface area contributed by atoms with Gasteiger partial charge in [0.1, 0.15) is 5.82 Å². The van der Waals surface area contributed by atoms with Crippen molar-refractivity contribution in [2.45, 2.75) is 32.2 Å². The van der Waals surface area contributed by atoms with Crippen LogP contribution in [-0.2, 0) is 6.54 Å². The molecule has 0 aliphatic heterocycles. The van der Waals surface area contributed by atoms with Gasteiger partial charge in [-0.25, -0.2) is 4.39 Å². The second kappa shape index (κ2) is 5.04. The summed E-state index contributed by atoms with van der Waals surface area (Å²) in [6.07, 6.45) is 2.65. The molecule has 1 nitrogen and oxygen atoms in total. The van der Waals surface area contributed by atoms with E-state index in [1.807, 2.05) is 6.92 Å². The average molecular weight is 255 g/mol. The lowest BCUT2D eigenvalue weighted by Gasteiger charge is -2.10. The number of halogens is 1. The van der Waals surface area contributed by atoms with Crippen LogP contribution in [0.3, 0.4) is 0 Å². The lowest BCUT2D eigenvalue weighted by molar-refractivity contribution is 0.627. The molecule has 1 aliphatic rings. The second-order valence-corrected chi connectivity index (χ2v) is 5.33. The van der Waals surface area contributed by atoms with Gasteiger partial charge in [0.05, 0.1) is 0 Å². The minimum atomic E-state index is -0.182. The van der Waals surface area contributed by atoms with Crippen LogP contribution >= 0.6 is 0 Å². The van der Waals surface area contributed by atoms with Gasteiger partial charge >= 0.3 is 0 Å². The third-order valence-electron chi connectivity index (χ3n) is 3.67. The van der Waals surface area contributed by atoms with Gasteiger partial charge in [-0.1, -0.05) is 24.3 Å². The Labute approximate surface area is 113 Å². The molecule has 0 bridgehead atoms. The van der Waals surface area contributed by atoms with E-state index in [0.29, 0.717) is 0 Å². The smallest absolute Gasteiger partial charge is 0.123 e. The van der Waals surface area contributed by atoms with Crippen LogP contribution in [0.15, 0.2) is 42.5 Å². The van der Waals surface area contributed by atoms with E-state index in [1.165, 1.54) is 30.0 Å². The zero-order chi connectivity index (χ0) is 13.2. The van der Waals surface area contributed by atoms with Gasteiger partial charge in [-0.2, -0.15) is 0 Å². The first kappa shape index (κ1) is 12.2. The van der Waals surface area contributed by atoms with E-state index in [0.717, 1.165) is 23.7 Å². The van der Waals surface area contributed by atoms with Crippen molar-refractivity contribution < 1.29 is 4.39 Å². The van der Waals surface area contributed by atoms with Gasteiger partial charge in [-0.05, 0) is 60.6 Å². The fourth-order valence-electron chi connectivity index (χ4n) is 2.40. The zero-order valence-electron chi connectivity index (χ0n) is 11.1. The summed E-state index contributed by atoms with van der Waals surface area (Å²) in [5.41, 5.74) is 4.68. The fraction of sp³-hybridized carbons (Fsp3) is 0.294. The summed E-state index contributed by atoms with van der Waals surface area (Å²) in [5, 5.41) is 3.38. The molecule has 1 saturated carbocycles. The van der Waals surface area contributed by atoms with E-state index in [9.17, 15) is 4.39 Å². The number of nitrogens with one attached hydrogen (secondary N) is 1. The summed E-state index contributed by atoms with van der Waals surface area (Å²) in [6.45, 7) is 2.71. The summed E-state index contributed by atoms with van der Waals surface area (Å²) in [4.78, 5) is 0. The number of anilines is 1. The Kier molecular flexibility index (Phi) is 3.24. The number of hydrogen-bond donors (Lipinski definition) is 1. The molecule has 1 N–H and O–H groups in total. The minimum absolute atomic E-state index is 0.182. The number of benzene rings is 2. The molecule has 19 heavy (non-hydrogen) atoms. The van der Waals surface area contributed by atoms with Crippen molar-refractivity contribution in [3.05, 3.63) is 65.0 Å². The van der Waals surface area contributed by atoms with Gasteiger partial charge in [-0.15, -0.1) is 0 Å². The summed E-state index contributed by atoms with van der Waals surface area (Å²) in [7, 11) is 0. The second-order valence-electron chi connectivity index (χ2n) is 5.33. The van der Waals surface area contributed by atoms with Crippen LogP contribution in [0, 0.1) is 12.7 Å². The Morgan fingerprint density at radius 2 is 2.00 bits per heavy atom. The molecule has 2 aromatic rings. The third kappa shape index (κ3) is 2.95. The largest absolute Gasteiger partial charge is 0.381 e. The maximum absolute atomic E-state index is 13.0. The molecule has 3 rings (SSSR count). The first-order valence-electron chi connectivity index (χ1n) is 6.81. The predicted molar refractivity (Wildman–Crippen MR) is 76.9 cm³/mol. The van der Waals surface area contributed by atoms with Gasteiger partial charge in [0.15, 0.2) is 0 Å². The van der Waals surface area contributed by atoms with Gasteiger partial charge in [0, 0.05) is 12.2 Å². The van der Waals surface area contributed by atoms with Gasteiger partial charge in [0.2, 0.25) is 0 Å². The van der Waals surface area contributed by atoms with Crippen LogP contribution in [0.25, 0.3) is 0 Å². The predicted octanol–water partition coefficient (Wildman–Crippen LogP) is 4.62. The van der Waals surface area contributed by atoms with Crippen LogP contribution in [-0.4, -0.2) is 0 Å². The minimum Gasteiger partial charge on any atom is -0.381 e. The molecule has 0 spiro atoms. The molecule has 2 heteroatoms. The molecule has 0 heterocycles. The summed E-state index contributed by atoms with van der Waals surface area (Å²) < 4.78 is 13.0. The number of hydrogen-bond acceptors (Lipinski definition) is 1. The van der Waals surface area contributed by atoms with Gasteiger partial charge in [0.25, 0.3) is 0 Å². The monoisotopic (exact) mass is 255 g/mol. The standard InChI is InChI=1S/C17H18FN/c1-12-9-16(18)7-8-17(12)19-11-13-3-2-4-15(10-13)14-5-6-14/h2-4,7-10,14,19H,5-6,11H2,1H3. The van der Waals surface area contributed by atoms with E-state index in [4.69, 9.17) is 0 Å². The Bertz CT molecular complexity index is 588. The van der Waals surface area contributed by atoms with Crippen molar-refractivity contribution in [3.63, 3.8) is 0 Å². The van der Waals surface area contributed by atoms with E-state index < -0.39 is 0 Å². The van der Waals surface area contributed by atoms with Crippen molar-refractivity contribution in [1.82, 2.24) is 0 Å². The van der Waals surface area contributed by atoms with Crippen LogP contribution in [0.1, 0.15) is 35.4 Å². The average Bonchev–Trinajstić information content (AvgIpc) is 3.22. The highest BCUT2D eigenvalue weighted by atomic mass is 19.1. The number of rotatable bonds is 4. The van der Waals surface area contributed by atoms with Crippen LogP contribution in [0.4, 0.5) is 10.1 Å². The molecule has 2 aromatic carbocycles. The quantitative estimate of drug-likeness (QED) is 0.840. The number of aryl methyl sites for hydroxylation is 1. The molecule has 1 aliphatic carbocycles. The summed E-state index contributed by atoms with van der Waals surface area (Å²) in [5.74, 6) is 0.603. The highest BCUT2D eigenvalue weighted by molar-refractivity contribution is 5.51. The molecule has 0 saturated heterocycles. The molecular weight excluding hydrogens is 237 g/mol. The van der Waals surface area contributed by atoms with E-state index in [-0.39, 0.29) is 5.82 Å². The lowest BCUT2D eigenvalue weighted by atomic mass is 10.1. The first-order chi connectivity index (χ1) is 9.22. The van der Waals surface area contributed by atoms with Crippen molar-refractivity contribution >= 4 is 5.69 Å². The summed E-state index contributed by atoms with van der Waals surface area (Å²) >= 11 is 0. The highest BCUT2D eigenvalue weighted by Gasteiger charge is 2.23. The maximum atomic E-state index is 13.0. The molecule has 0 atom stereocenters. The van der Waals surface area contributed by atoms with Crippen LogP contribution in [0.5, 0.6) is 0 Å². The molecule has 0 aromatic heterocycles. The Morgan fingerprint density at radius 1 is 1.16 bits per heavy atom. The Balaban J connectivity index is 1.69. The molecule has 1 fully saturated rings. The van der Waals surface area contributed by atoms with Gasteiger partial charge < -0.3 is 5.32 Å². The summed E-state index contributed by atoms with van der Waals surface area (Å²) in [6, 6.07) is 13.6. The molecule has 0 amide bonds. The molecular formula is C17H18FN. The molecule has 0 radical (unpaired) electrons. The van der Waals surface area contributed by atoms with Crippen molar-refractivity contribution in [2.24, 2.45) is 0 Å². The van der Waals surface area contributed by atoms with Gasteiger partial charge in [-0.3, -0.25) is 0 Å². The van der Waals surface area contributed by atoms with E-state index in [2.05, 4.69) is 29.6 Å². The lowest BCUT2D eigenvalue weighted by Crippen LogP contribution is -2.01. The topological polar surface area (TPSA) is 12.0 Å². The highest BCUT2D eigenvalue weighted by Crippen LogP contribution is 2.40. The van der Waals surface area contributed by atoms with E-state index >= 15 is 0 Å². The maximum Gasteiger partial charge on any atom is 0.123 e. The van der Waals surface area contributed by atoms with Crippen LogP contribution < -0.4 is 5.32 Å². The Morgan fingerprint density at radius 3 is 2.74 bits per heavy atom. The van der Waals surface area contributed by atoms with E-state index in [1.54, 1.807) is 12.1 Å². The zero-order valence-corrected chi connectivity index (χ0v) is 11.1. The van der Waals surface area contributed by atoms with Crippen molar-refractivity contribution in [3.8, 4) is 0 Å². The Hall–Kier alpha value is -1.83. The first-order valence-corrected chi connectivity index (χ1v) is 6.81. The normalized spacial score (nSPS) is 14.4. The van der Waals surface area contributed by atoms with Crippen molar-refractivity contribution in [1.29, 1.82) is 0 Å². The van der Waals surface area contributed by atoms with Crippen LogP contribution in [0.2, 0.25) is 0 Å².